The number of rotatable bonds is 3. The first-order valence-electron chi connectivity index (χ1n) is 7.97. The first-order valence-corrected chi connectivity index (χ1v) is 7.97. The second-order valence-electron chi connectivity index (χ2n) is 6.08. The molecule has 3 rings (SSSR count). The van der Waals surface area contributed by atoms with Crippen molar-refractivity contribution in [2.75, 3.05) is 7.11 Å². The van der Waals surface area contributed by atoms with Crippen LogP contribution in [0.25, 0.3) is 0 Å². The van der Waals surface area contributed by atoms with Gasteiger partial charge in [-0.15, -0.1) is 0 Å². The van der Waals surface area contributed by atoms with Crippen LogP contribution in [0.4, 0.5) is 5.69 Å². The number of ether oxygens (including phenoxy) is 2. The molecule has 1 aromatic carbocycles. The van der Waals surface area contributed by atoms with Crippen molar-refractivity contribution in [1.82, 2.24) is 4.57 Å². The Morgan fingerprint density at radius 2 is 1.96 bits per heavy atom. The first kappa shape index (κ1) is 18.2. The number of aryl methyl sites for hydroxylation is 1. The Balaban J connectivity index is 2.30. The zero-order chi connectivity index (χ0) is 19.9. The summed E-state index contributed by atoms with van der Waals surface area (Å²) in [5, 5.41) is 10.9. The van der Waals surface area contributed by atoms with Gasteiger partial charge in [0.1, 0.15) is 11.3 Å². The number of nitro groups is 1. The molecule has 0 amide bonds. The zero-order valence-electron chi connectivity index (χ0n) is 14.9. The third kappa shape index (κ3) is 2.92. The molecule has 9 nitrogen and oxygen atoms in total. The Hall–Kier alpha value is -3.62. The number of fused-ring (bicyclic) bond motifs is 1. The molecule has 1 aliphatic heterocycles. The van der Waals surface area contributed by atoms with E-state index in [1.807, 2.05) is 0 Å². The topological polar surface area (TPSA) is 127 Å². The zero-order valence-corrected chi connectivity index (χ0v) is 14.9. The average molecular weight is 371 g/mol. The number of aromatic nitrogens is 1. The van der Waals surface area contributed by atoms with Gasteiger partial charge in [0.25, 0.3) is 11.2 Å². The molecule has 27 heavy (non-hydrogen) atoms. The lowest BCUT2D eigenvalue weighted by molar-refractivity contribution is -0.384. The van der Waals surface area contributed by atoms with Gasteiger partial charge in [0.2, 0.25) is 5.88 Å². The van der Waals surface area contributed by atoms with E-state index in [0.717, 1.165) is 0 Å². The highest BCUT2D eigenvalue weighted by Gasteiger charge is 2.38. The molecule has 0 aliphatic carbocycles. The number of nitro benzene ring substituents is 1. The van der Waals surface area contributed by atoms with Crippen molar-refractivity contribution in [2.45, 2.75) is 12.8 Å². The van der Waals surface area contributed by atoms with Crippen molar-refractivity contribution in [3.8, 4) is 5.75 Å². The van der Waals surface area contributed by atoms with E-state index in [4.69, 9.17) is 15.2 Å². The largest absolute Gasteiger partial charge is 0.465 e. The molecule has 0 bridgehead atoms. The Morgan fingerprint density at radius 3 is 2.52 bits per heavy atom. The number of methoxy groups -OCH3 is 1. The van der Waals surface area contributed by atoms with Crippen molar-refractivity contribution in [1.29, 1.82) is 0 Å². The minimum atomic E-state index is -0.874. The third-order valence-electron chi connectivity index (χ3n) is 4.57. The fraction of sp³-hybridized carbons (Fsp3) is 0.222. The number of hydrogen-bond donors (Lipinski definition) is 1. The number of nitrogens with two attached hydrogens (primary N) is 1. The van der Waals surface area contributed by atoms with Crippen LogP contribution >= 0.6 is 0 Å². The molecule has 2 heterocycles. The van der Waals surface area contributed by atoms with Crippen LogP contribution in [0.15, 0.2) is 46.6 Å². The maximum Gasteiger partial charge on any atom is 0.340 e. The quantitative estimate of drug-likeness (QED) is 0.492. The van der Waals surface area contributed by atoms with Gasteiger partial charge in [-0.25, -0.2) is 4.79 Å². The average Bonchev–Trinajstić information content (AvgIpc) is 2.64. The van der Waals surface area contributed by atoms with E-state index in [2.05, 4.69) is 0 Å². The number of esters is 1. The third-order valence-corrected chi connectivity index (χ3v) is 4.57. The number of benzene rings is 1. The Labute approximate surface area is 153 Å². The van der Waals surface area contributed by atoms with Crippen LogP contribution in [0.3, 0.4) is 0 Å². The molecule has 2 N–H and O–H groups in total. The lowest BCUT2D eigenvalue weighted by atomic mass is 9.83. The number of hydrogen-bond acceptors (Lipinski definition) is 7. The molecular formula is C18H17N3O6. The lowest BCUT2D eigenvalue weighted by Gasteiger charge is -2.28. The molecule has 9 heteroatoms. The fourth-order valence-corrected chi connectivity index (χ4v) is 3.07. The Morgan fingerprint density at radius 1 is 1.33 bits per heavy atom. The molecule has 0 radical (unpaired) electrons. The minimum Gasteiger partial charge on any atom is -0.465 e. The highest BCUT2D eigenvalue weighted by atomic mass is 16.6. The fourth-order valence-electron chi connectivity index (χ4n) is 3.07. The normalized spacial score (nSPS) is 15.7. The molecule has 0 fully saturated rings. The number of pyridine rings is 1. The van der Waals surface area contributed by atoms with Gasteiger partial charge in [0.05, 0.1) is 23.5 Å². The van der Waals surface area contributed by atoms with E-state index < -0.39 is 16.8 Å². The van der Waals surface area contributed by atoms with Gasteiger partial charge in [-0.1, -0.05) is 12.1 Å². The predicted octanol–water partition coefficient (Wildman–Crippen LogP) is 1.47. The minimum absolute atomic E-state index is 0.0280. The van der Waals surface area contributed by atoms with Crippen LogP contribution in [0.1, 0.15) is 22.7 Å². The molecule has 0 spiro atoms. The number of non-ortho nitro benzene ring substituents is 1. The van der Waals surface area contributed by atoms with Crippen molar-refractivity contribution in [3.05, 3.63) is 79.1 Å². The van der Waals surface area contributed by atoms with Crippen molar-refractivity contribution < 1.29 is 19.2 Å². The van der Waals surface area contributed by atoms with Crippen LogP contribution < -0.4 is 16.0 Å². The van der Waals surface area contributed by atoms with Gasteiger partial charge in [-0.3, -0.25) is 14.9 Å². The summed E-state index contributed by atoms with van der Waals surface area (Å²) in [4.78, 5) is 35.7. The number of carbonyl (C=O) groups is 1. The van der Waals surface area contributed by atoms with Gasteiger partial charge in [0.15, 0.2) is 0 Å². The van der Waals surface area contributed by atoms with Crippen molar-refractivity contribution >= 4 is 11.7 Å². The second-order valence-corrected chi connectivity index (χ2v) is 6.08. The summed E-state index contributed by atoms with van der Waals surface area (Å²) in [7, 11) is 2.79. The molecule has 140 valence electrons. The summed E-state index contributed by atoms with van der Waals surface area (Å²) >= 11 is 0. The molecule has 0 unspecified atom stereocenters. The molecule has 0 saturated carbocycles. The van der Waals surface area contributed by atoms with Gasteiger partial charge in [-0.05, 0) is 12.5 Å². The van der Waals surface area contributed by atoms with E-state index >= 15 is 0 Å². The number of carbonyl (C=O) groups excluding carboxylic acids is 1. The van der Waals surface area contributed by atoms with Crippen LogP contribution in [0.5, 0.6) is 5.75 Å². The number of nitrogens with zero attached hydrogens (tertiary/aromatic N) is 2. The van der Waals surface area contributed by atoms with Gasteiger partial charge in [-0.2, -0.15) is 0 Å². The SMILES string of the molecule is COC(=O)C1=C(N)Oc2cc(C)n(C)c(=O)c2[C@H]1c1ccc([N+](=O)[O-])cc1. The van der Waals surface area contributed by atoms with Crippen LogP contribution in [0, 0.1) is 17.0 Å². The maximum atomic E-state index is 12.9. The standard InChI is InChI=1S/C18H17N3O6/c1-9-8-12-14(17(22)20(9)2)13(15(16(19)27-12)18(23)26-3)10-4-6-11(7-5-10)21(24)25/h4-8,13H,19H2,1-3H3/t13-/m1/s1. The Kier molecular flexibility index (Phi) is 4.44. The first-order chi connectivity index (χ1) is 12.8. The van der Waals surface area contributed by atoms with Crippen molar-refractivity contribution in [2.24, 2.45) is 12.8 Å². The van der Waals surface area contributed by atoms with E-state index in [-0.39, 0.29) is 34.0 Å². The predicted molar refractivity (Wildman–Crippen MR) is 95.2 cm³/mol. The second kappa shape index (κ2) is 6.60. The van der Waals surface area contributed by atoms with E-state index in [0.29, 0.717) is 11.3 Å². The summed E-state index contributed by atoms with van der Waals surface area (Å²) < 4.78 is 11.8. The molecule has 0 saturated heterocycles. The van der Waals surface area contributed by atoms with E-state index in [1.165, 1.54) is 35.9 Å². The summed E-state index contributed by atoms with van der Waals surface area (Å²) in [5.41, 5.74) is 6.80. The highest BCUT2D eigenvalue weighted by molar-refractivity contribution is 5.92. The summed E-state index contributed by atoms with van der Waals surface area (Å²) in [5.74, 6) is -1.56. The summed E-state index contributed by atoms with van der Waals surface area (Å²) in [6.45, 7) is 1.74. The monoisotopic (exact) mass is 371 g/mol. The lowest BCUT2D eigenvalue weighted by Crippen LogP contribution is -2.34. The molecule has 1 aliphatic rings. The van der Waals surface area contributed by atoms with Crippen LogP contribution in [-0.4, -0.2) is 22.6 Å². The van der Waals surface area contributed by atoms with E-state index in [1.54, 1.807) is 20.0 Å². The molecular weight excluding hydrogens is 354 g/mol. The van der Waals surface area contributed by atoms with Crippen molar-refractivity contribution in [3.63, 3.8) is 0 Å². The van der Waals surface area contributed by atoms with Gasteiger partial charge < -0.3 is 19.8 Å². The van der Waals surface area contributed by atoms with E-state index in [9.17, 15) is 19.7 Å². The smallest absolute Gasteiger partial charge is 0.340 e. The van der Waals surface area contributed by atoms with Gasteiger partial charge in [0, 0.05) is 30.9 Å². The maximum absolute atomic E-state index is 12.9. The molecule has 2 aromatic rings. The van der Waals surface area contributed by atoms with Crippen LogP contribution in [0.2, 0.25) is 0 Å². The highest BCUT2D eigenvalue weighted by Crippen LogP contribution is 2.41. The van der Waals surface area contributed by atoms with Gasteiger partial charge >= 0.3 is 5.97 Å². The molecule has 1 aromatic heterocycles. The Bertz CT molecular complexity index is 1040. The summed E-state index contributed by atoms with van der Waals surface area (Å²) in [6.07, 6.45) is 0. The van der Waals surface area contributed by atoms with Crippen LogP contribution in [-0.2, 0) is 16.6 Å². The summed E-state index contributed by atoms with van der Waals surface area (Å²) in [6, 6.07) is 7.21. The molecule has 1 atom stereocenters.